The van der Waals surface area contributed by atoms with Gasteiger partial charge in [-0.05, 0) is 37.4 Å². The van der Waals surface area contributed by atoms with Gasteiger partial charge in [-0.3, -0.25) is 10.1 Å². The molecular weight excluding hydrogens is 251 g/mol. The second-order valence-corrected chi connectivity index (χ2v) is 4.64. The number of aliphatic hydroxyl groups is 1. The number of hydrogen-bond donors (Lipinski definition) is 2. The van der Waals surface area contributed by atoms with Crippen molar-refractivity contribution >= 4 is 5.69 Å². The smallest absolute Gasteiger partial charge is 0.274 e. The number of benzene rings is 1. The van der Waals surface area contributed by atoms with Gasteiger partial charge in [0, 0.05) is 24.8 Å². The van der Waals surface area contributed by atoms with Gasteiger partial charge in [-0.15, -0.1) is 0 Å². The minimum absolute atomic E-state index is 0.0716. The maximum Gasteiger partial charge on any atom is 0.274 e. The Balaban J connectivity index is 2.44. The highest BCUT2D eigenvalue weighted by molar-refractivity contribution is 5.40. The van der Waals surface area contributed by atoms with Crippen LogP contribution in [-0.4, -0.2) is 23.2 Å². The molecule has 0 bridgehead atoms. The first-order valence-electron chi connectivity index (χ1n) is 6.29. The van der Waals surface area contributed by atoms with Crippen molar-refractivity contribution < 1.29 is 14.4 Å². The molecule has 1 unspecified atom stereocenters. The standard InChI is InChI=1S/C13H19FN2O3/c1-10(9-17)3-2-6-15-8-11-7-12(14)4-5-13(11)16(18)19/h4-5,7,10,15,17H,2-3,6,8-9H2,1H3. The fourth-order valence-electron chi connectivity index (χ4n) is 1.76. The van der Waals surface area contributed by atoms with Crippen LogP contribution in [0, 0.1) is 21.8 Å². The van der Waals surface area contributed by atoms with Gasteiger partial charge < -0.3 is 10.4 Å². The molecule has 0 spiro atoms. The quantitative estimate of drug-likeness (QED) is 0.431. The van der Waals surface area contributed by atoms with E-state index in [-0.39, 0.29) is 24.8 Å². The van der Waals surface area contributed by atoms with Gasteiger partial charge in [0.2, 0.25) is 0 Å². The molecule has 0 fully saturated rings. The SMILES string of the molecule is CC(CO)CCCNCc1cc(F)ccc1[N+](=O)[O-]. The number of nitro groups is 1. The topological polar surface area (TPSA) is 75.4 Å². The minimum Gasteiger partial charge on any atom is -0.396 e. The fourth-order valence-corrected chi connectivity index (χ4v) is 1.76. The van der Waals surface area contributed by atoms with Gasteiger partial charge >= 0.3 is 0 Å². The largest absolute Gasteiger partial charge is 0.396 e. The molecule has 0 aliphatic carbocycles. The van der Waals surface area contributed by atoms with E-state index in [9.17, 15) is 14.5 Å². The molecule has 0 saturated heterocycles. The number of hydrogen-bond acceptors (Lipinski definition) is 4. The molecule has 1 aromatic carbocycles. The molecule has 5 nitrogen and oxygen atoms in total. The molecule has 1 rings (SSSR count). The summed E-state index contributed by atoms with van der Waals surface area (Å²) in [6.45, 7) is 3.06. The van der Waals surface area contributed by atoms with E-state index in [2.05, 4.69) is 5.32 Å². The van der Waals surface area contributed by atoms with Crippen LogP contribution in [0.15, 0.2) is 18.2 Å². The van der Waals surface area contributed by atoms with Crippen molar-refractivity contribution in [2.24, 2.45) is 5.92 Å². The number of nitro benzene ring substituents is 1. The Morgan fingerprint density at radius 1 is 1.53 bits per heavy atom. The zero-order valence-corrected chi connectivity index (χ0v) is 10.9. The molecule has 19 heavy (non-hydrogen) atoms. The molecular formula is C13H19FN2O3. The summed E-state index contributed by atoms with van der Waals surface area (Å²) < 4.78 is 13.1. The molecule has 0 radical (unpaired) electrons. The van der Waals surface area contributed by atoms with Crippen LogP contribution < -0.4 is 5.32 Å². The van der Waals surface area contributed by atoms with Crippen LogP contribution in [0.1, 0.15) is 25.3 Å². The monoisotopic (exact) mass is 270 g/mol. The summed E-state index contributed by atoms with van der Waals surface area (Å²) in [5.41, 5.74) is 0.276. The summed E-state index contributed by atoms with van der Waals surface area (Å²) in [7, 11) is 0. The van der Waals surface area contributed by atoms with E-state index in [0.29, 0.717) is 12.1 Å². The van der Waals surface area contributed by atoms with Gasteiger partial charge in [-0.1, -0.05) is 6.92 Å². The summed E-state index contributed by atoms with van der Waals surface area (Å²) in [5.74, 6) is -0.221. The third kappa shape index (κ3) is 5.32. The van der Waals surface area contributed by atoms with E-state index >= 15 is 0 Å². The summed E-state index contributed by atoms with van der Waals surface area (Å²) in [6.07, 6.45) is 1.75. The van der Waals surface area contributed by atoms with Crippen LogP contribution in [0.25, 0.3) is 0 Å². The molecule has 2 N–H and O–H groups in total. The maximum atomic E-state index is 13.1. The van der Waals surface area contributed by atoms with E-state index in [1.165, 1.54) is 12.1 Å². The van der Waals surface area contributed by atoms with Crippen LogP contribution >= 0.6 is 0 Å². The van der Waals surface area contributed by atoms with Crippen LogP contribution in [-0.2, 0) is 6.54 Å². The summed E-state index contributed by atoms with van der Waals surface area (Å²) in [6, 6.07) is 3.45. The lowest BCUT2D eigenvalue weighted by atomic mass is 10.1. The summed E-state index contributed by atoms with van der Waals surface area (Å²) >= 11 is 0. The fraction of sp³-hybridized carbons (Fsp3) is 0.538. The molecule has 0 saturated carbocycles. The number of nitrogens with zero attached hydrogens (tertiary/aromatic N) is 1. The second kappa shape index (κ2) is 7.81. The average Bonchev–Trinajstić information content (AvgIpc) is 2.37. The Morgan fingerprint density at radius 2 is 2.26 bits per heavy atom. The van der Waals surface area contributed by atoms with E-state index in [1.807, 2.05) is 6.92 Å². The molecule has 0 aromatic heterocycles. The van der Waals surface area contributed by atoms with E-state index in [1.54, 1.807) is 0 Å². The van der Waals surface area contributed by atoms with Gasteiger partial charge in [-0.25, -0.2) is 4.39 Å². The van der Waals surface area contributed by atoms with Gasteiger partial charge in [-0.2, -0.15) is 0 Å². The van der Waals surface area contributed by atoms with Gasteiger partial charge in [0.05, 0.1) is 4.92 Å². The number of nitrogens with one attached hydrogen (secondary N) is 1. The van der Waals surface area contributed by atoms with Crippen LogP contribution in [0.3, 0.4) is 0 Å². The molecule has 1 aromatic rings. The van der Waals surface area contributed by atoms with Crippen molar-refractivity contribution in [3.8, 4) is 0 Å². The first-order valence-corrected chi connectivity index (χ1v) is 6.29. The zero-order chi connectivity index (χ0) is 14.3. The van der Waals surface area contributed by atoms with Gasteiger partial charge in [0.25, 0.3) is 5.69 Å². The van der Waals surface area contributed by atoms with Crippen molar-refractivity contribution in [3.05, 3.63) is 39.7 Å². The van der Waals surface area contributed by atoms with E-state index in [0.717, 1.165) is 18.9 Å². The van der Waals surface area contributed by atoms with Crippen molar-refractivity contribution in [2.45, 2.75) is 26.3 Å². The number of halogens is 1. The molecule has 0 aliphatic heterocycles. The van der Waals surface area contributed by atoms with Crippen LogP contribution in [0.5, 0.6) is 0 Å². The van der Waals surface area contributed by atoms with Crippen LogP contribution in [0.4, 0.5) is 10.1 Å². The van der Waals surface area contributed by atoms with Crippen molar-refractivity contribution in [1.82, 2.24) is 5.32 Å². The molecule has 0 amide bonds. The maximum absolute atomic E-state index is 13.1. The van der Waals surface area contributed by atoms with Gasteiger partial charge in [0.1, 0.15) is 5.82 Å². The second-order valence-electron chi connectivity index (χ2n) is 4.64. The lowest BCUT2D eigenvalue weighted by Gasteiger charge is -2.08. The van der Waals surface area contributed by atoms with Crippen molar-refractivity contribution in [1.29, 1.82) is 0 Å². The molecule has 106 valence electrons. The average molecular weight is 270 g/mol. The minimum atomic E-state index is -0.510. The normalized spacial score (nSPS) is 12.4. The van der Waals surface area contributed by atoms with Crippen molar-refractivity contribution in [2.75, 3.05) is 13.2 Å². The predicted molar refractivity (Wildman–Crippen MR) is 70.2 cm³/mol. The molecule has 0 heterocycles. The Labute approximate surface area is 111 Å². The number of aliphatic hydroxyl groups excluding tert-OH is 1. The van der Waals surface area contributed by atoms with E-state index in [4.69, 9.17) is 5.11 Å². The molecule has 6 heteroatoms. The lowest BCUT2D eigenvalue weighted by Crippen LogP contribution is -2.17. The summed E-state index contributed by atoms with van der Waals surface area (Å²) in [4.78, 5) is 10.3. The first kappa shape index (κ1) is 15.5. The third-order valence-corrected chi connectivity index (χ3v) is 2.92. The Morgan fingerprint density at radius 3 is 2.89 bits per heavy atom. The first-order chi connectivity index (χ1) is 9.04. The predicted octanol–water partition coefficient (Wildman–Crippen LogP) is 2.23. The summed E-state index contributed by atoms with van der Waals surface area (Å²) in [5, 5.41) is 22.7. The Bertz CT molecular complexity index is 426. The molecule has 0 aliphatic rings. The zero-order valence-electron chi connectivity index (χ0n) is 10.9. The highest BCUT2D eigenvalue weighted by Gasteiger charge is 2.13. The highest BCUT2D eigenvalue weighted by atomic mass is 19.1. The molecule has 1 atom stereocenters. The highest BCUT2D eigenvalue weighted by Crippen LogP contribution is 2.19. The van der Waals surface area contributed by atoms with Crippen molar-refractivity contribution in [3.63, 3.8) is 0 Å². The Hall–Kier alpha value is -1.53. The van der Waals surface area contributed by atoms with Gasteiger partial charge in [0.15, 0.2) is 0 Å². The lowest BCUT2D eigenvalue weighted by molar-refractivity contribution is -0.385. The van der Waals surface area contributed by atoms with E-state index < -0.39 is 10.7 Å². The Kier molecular flexibility index (Phi) is 6.38. The van der Waals surface area contributed by atoms with Crippen LogP contribution in [0.2, 0.25) is 0 Å². The third-order valence-electron chi connectivity index (χ3n) is 2.92. The number of rotatable bonds is 8.